The molecular weight excluding hydrogens is 204 g/mol. The van der Waals surface area contributed by atoms with E-state index >= 15 is 0 Å². The molecule has 15 heavy (non-hydrogen) atoms. The second-order valence-corrected chi connectivity index (χ2v) is 5.17. The SMILES string of the molecule is CCC(C)SCc1ccccc1C(C)=O. The molecule has 2 heteroatoms. The summed E-state index contributed by atoms with van der Waals surface area (Å²) in [6.45, 7) is 6.04. The minimum absolute atomic E-state index is 0.162. The Hall–Kier alpha value is -0.760. The maximum absolute atomic E-state index is 11.4. The summed E-state index contributed by atoms with van der Waals surface area (Å²) in [6.07, 6.45) is 1.17. The molecule has 0 aliphatic heterocycles. The first kappa shape index (κ1) is 12.3. The number of rotatable bonds is 5. The van der Waals surface area contributed by atoms with E-state index in [0.29, 0.717) is 5.25 Å². The Bertz CT molecular complexity index is 333. The molecule has 0 heterocycles. The van der Waals surface area contributed by atoms with Crippen molar-refractivity contribution in [2.75, 3.05) is 0 Å². The van der Waals surface area contributed by atoms with Gasteiger partial charge in [-0.1, -0.05) is 38.1 Å². The third-order valence-corrected chi connectivity index (χ3v) is 3.87. The zero-order chi connectivity index (χ0) is 11.3. The van der Waals surface area contributed by atoms with Gasteiger partial charge in [0.05, 0.1) is 0 Å². The van der Waals surface area contributed by atoms with Crippen molar-refractivity contribution in [3.05, 3.63) is 35.4 Å². The molecule has 0 N–H and O–H groups in total. The molecule has 0 aromatic heterocycles. The number of Topliss-reactive ketones (excluding diaryl/α,β-unsaturated/α-hetero) is 1. The Morgan fingerprint density at radius 3 is 2.67 bits per heavy atom. The maximum Gasteiger partial charge on any atom is 0.160 e. The highest BCUT2D eigenvalue weighted by molar-refractivity contribution is 7.99. The molecule has 0 spiro atoms. The number of hydrogen-bond acceptors (Lipinski definition) is 2. The van der Waals surface area contributed by atoms with Crippen molar-refractivity contribution in [1.29, 1.82) is 0 Å². The highest BCUT2D eigenvalue weighted by atomic mass is 32.2. The normalized spacial score (nSPS) is 12.5. The van der Waals surface area contributed by atoms with E-state index < -0.39 is 0 Å². The first-order chi connectivity index (χ1) is 7.15. The van der Waals surface area contributed by atoms with Crippen molar-refractivity contribution in [2.24, 2.45) is 0 Å². The predicted octanol–water partition coefficient (Wildman–Crippen LogP) is 3.92. The lowest BCUT2D eigenvalue weighted by atomic mass is 10.1. The van der Waals surface area contributed by atoms with Crippen LogP contribution in [0.4, 0.5) is 0 Å². The van der Waals surface area contributed by atoms with Gasteiger partial charge in [0, 0.05) is 16.6 Å². The fourth-order valence-corrected chi connectivity index (χ4v) is 2.29. The van der Waals surface area contributed by atoms with E-state index in [-0.39, 0.29) is 5.78 Å². The highest BCUT2D eigenvalue weighted by Crippen LogP contribution is 2.22. The van der Waals surface area contributed by atoms with Gasteiger partial charge in [0.1, 0.15) is 0 Å². The fraction of sp³-hybridized carbons (Fsp3) is 0.462. The van der Waals surface area contributed by atoms with E-state index in [1.165, 1.54) is 6.42 Å². The average Bonchev–Trinajstić information content (AvgIpc) is 2.26. The quantitative estimate of drug-likeness (QED) is 0.702. The predicted molar refractivity (Wildman–Crippen MR) is 67.5 cm³/mol. The van der Waals surface area contributed by atoms with Crippen LogP contribution in [0.1, 0.15) is 43.1 Å². The average molecular weight is 222 g/mol. The van der Waals surface area contributed by atoms with Crippen molar-refractivity contribution in [1.82, 2.24) is 0 Å². The molecule has 1 unspecified atom stereocenters. The molecule has 0 radical (unpaired) electrons. The van der Waals surface area contributed by atoms with Crippen LogP contribution in [0.3, 0.4) is 0 Å². The van der Waals surface area contributed by atoms with Crippen molar-refractivity contribution in [2.45, 2.75) is 38.2 Å². The summed E-state index contributed by atoms with van der Waals surface area (Å²) in [5.41, 5.74) is 2.03. The summed E-state index contributed by atoms with van der Waals surface area (Å²) >= 11 is 1.91. The van der Waals surface area contributed by atoms with Gasteiger partial charge < -0.3 is 0 Å². The van der Waals surface area contributed by atoms with E-state index in [0.717, 1.165) is 16.9 Å². The first-order valence-corrected chi connectivity index (χ1v) is 6.40. The number of thioether (sulfide) groups is 1. The Balaban J connectivity index is 2.72. The molecule has 0 bridgehead atoms. The van der Waals surface area contributed by atoms with Crippen LogP contribution in [0.2, 0.25) is 0 Å². The second kappa shape index (κ2) is 5.96. The lowest BCUT2D eigenvalue weighted by Gasteiger charge is -2.10. The standard InChI is InChI=1S/C13H18OS/c1-4-10(2)15-9-12-7-5-6-8-13(12)11(3)14/h5-8,10H,4,9H2,1-3H3. The molecule has 0 saturated heterocycles. The van der Waals surface area contributed by atoms with Crippen molar-refractivity contribution in [3.63, 3.8) is 0 Å². The number of hydrogen-bond donors (Lipinski definition) is 0. The largest absolute Gasteiger partial charge is 0.295 e. The molecule has 0 amide bonds. The van der Waals surface area contributed by atoms with E-state index in [2.05, 4.69) is 13.8 Å². The van der Waals surface area contributed by atoms with Gasteiger partial charge in [-0.15, -0.1) is 0 Å². The van der Waals surface area contributed by atoms with Crippen LogP contribution in [0.15, 0.2) is 24.3 Å². The molecule has 0 fully saturated rings. The van der Waals surface area contributed by atoms with Gasteiger partial charge in [0.25, 0.3) is 0 Å². The summed E-state index contributed by atoms with van der Waals surface area (Å²) in [6, 6.07) is 7.88. The number of ketones is 1. The molecule has 1 atom stereocenters. The van der Waals surface area contributed by atoms with Crippen molar-refractivity contribution < 1.29 is 4.79 Å². The van der Waals surface area contributed by atoms with Gasteiger partial charge in [0.15, 0.2) is 5.78 Å². The molecule has 1 rings (SSSR count). The summed E-state index contributed by atoms with van der Waals surface area (Å²) in [7, 11) is 0. The van der Waals surface area contributed by atoms with Crippen LogP contribution in [-0.2, 0) is 5.75 Å². The number of carbonyl (C=O) groups excluding carboxylic acids is 1. The minimum atomic E-state index is 0.162. The van der Waals surface area contributed by atoms with E-state index in [1.807, 2.05) is 36.0 Å². The maximum atomic E-state index is 11.4. The summed E-state index contributed by atoms with van der Waals surface area (Å²) in [5.74, 6) is 1.10. The van der Waals surface area contributed by atoms with Crippen LogP contribution in [0.5, 0.6) is 0 Å². The molecule has 0 aliphatic rings. The molecular formula is C13H18OS. The van der Waals surface area contributed by atoms with Gasteiger partial charge in [-0.25, -0.2) is 0 Å². The second-order valence-electron chi connectivity index (χ2n) is 3.74. The molecule has 0 saturated carbocycles. The Labute approximate surface area is 96.3 Å². The Morgan fingerprint density at radius 1 is 1.40 bits per heavy atom. The topological polar surface area (TPSA) is 17.1 Å². The third-order valence-electron chi connectivity index (χ3n) is 2.49. The van der Waals surface area contributed by atoms with Crippen LogP contribution in [0, 0.1) is 0 Å². The zero-order valence-corrected chi connectivity index (χ0v) is 10.4. The van der Waals surface area contributed by atoms with Gasteiger partial charge in [0.2, 0.25) is 0 Å². The van der Waals surface area contributed by atoms with Crippen molar-refractivity contribution >= 4 is 17.5 Å². The molecule has 1 nitrogen and oxygen atoms in total. The van der Waals surface area contributed by atoms with Crippen LogP contribution < -0.4 is 0 Å². The summed E-state index contributed by atoms with van der Waals surface area (Å²) < 4.78 is 0. The van der Waals surface area contributed by atoms with Crippen molar-refractivity contribution in [3.8, 4) is 0 Å². The van der Waals surface area contributed by atoms with E-state index in [4.69, 9.17) is 0 Å². The van der Waals surface area contributed by atoms with E-state index in [1.54, 1.807) is 6.92 Å². The monoisotopic (exact) mass is 222 g/mol. The zero-order valence-electron chi connectivity index (χ0n) is 9.62. The Morgan fingerprint density at radius 2 is 2.07 bits per heavy atom. The molecule has 1 aromatic carbocycles. The van der Waals surface area contributed by atoms with Gasteiger partial charge >= 0.3 is 0 Å². The lowest BCUT2D eigenvalue weighted by molar-refractivity contribution is 0.101. The highest BCUT2D eigenvalue weighted by Gasteiger charge is 2.07. The molecule has 1 aromatic rings. The van der Waals surface area contributed by atoms with Gasteiger partial charge in [-0.2, -0.15) is 11.8 Å². The fourth-order valence-electron chi connectivity index (χ4n) is 1.34. The number of carbonyl (C=O) groups is 1. The third kappa shape index (κ3) is 3.71. The lowest BCUT2D eigenvalue weighted by Crippen LogP contribution is -2.00. The Kier molecular flexibility index (Phi) is 4.89. The molecule has 82 valence electrons. The van der Waals surface area contributed by atoms with Crippen LogP contribution in [0.25, 0.3) is 0 Å². The van der Waals surface area contributed by atoms with E-state index in [9.17, 15) is 4.79 Å². The first-order valence-electron chi connectivity index (χ1n) is 5.35. The minimum Gasteiger partial charge on any atom is -0.295 e. The smallest absolute Gasteiger partial charge is 0.160 e. The molecule has 0 aliphatic carbocycles. The van der Waals surface area contributed by atoms with Crippen LogP contribution in [-0.4, -0.2) is 11.0 Å². The summed E-state index contributed by atoms with van der Waals surface area (Å²) in [4.78, 5) is 11.4. The van der Waals surface area contributed by atoms with Gasteiger partial charge in [-0.3, -0.25) is 4.79 Å². The number of benzene rings is 1. The van der Waals surface area contributed by atoms with Gasteiger partial charge in [-0.05, 0) is 18.9 Å². The summed E-state index contributed by atoms with van der Waals surface area (Å²) in [5, 5.41) is 0.657. The van der Waals surface area contributed by atoms with Crippen LogP contribution >= 0.6 is 11.8 Å².